The minimum Gasteiger partial charge on any atom is -0.309 e. The van der Waals surface area contributed by atoms with Gasteiger partial charge in [-0.25, -0.2) is 0 Å². The molecule has 9 aromatic carbocycles. The van der Waals surface area contributed by atoms with Gasteiger partial charge in [0, 0.05) is 44.3 Å². The molecule has 0 heterocycles. The summed E-state index contributed by atoms with van der Waals surface area (Å²) in [4.78, 5) is 5.58. The van der Waals surface area contributed by atoms with E-state index < -0.39 is 64.6 Å². The van der Waals surface area contributed by atoms with Gasteiger partial charge >= 0.3 is 0 Å². The lowest BCUT2D eigenvalue weighted by atomic mass is 9.91. The second kappa shape index (κ2) is 22.5. The van der Waals surface area contributed by atoms with Crippen molar-refractivity contribution in [1.82, 2.24) is 0 Å². The van der Waals surface area contributed by atoms with Gasteiger partial charge in [-0.3, -0.25) is 0 Å². The number of hydrogen-bond donors (Lipinski definition) is 0. The van der Waals surface area contributed by atoms with Gasteiger partial charge in [-0.15, -0.1) is 0 Å². The Morgan fingerprint density at radius 2 is 0.393 bits per heavy atom. The van der Waals surface area contributed by atoms with E-state index in [-0.39, 0.29) is 0 Å². The molecule has 0 amide bonds. The van der Waals surface area contributed by atoms with Crippen LogP contribution in [0.3, 0.4) is 0 Å². The Morgan fingerprint density at radius 3 is 0.583 bits per heavy atom. The fourth-order valence-electron chi connectivity index (χ4n) is 11.5. The van der Waals surface area contributed by atoms with Crippen molar-refractivity contribution in [2.45, 2.75) is 157 Å². The summed E-state index contributed by atoms with van der Waals surface area (Å²) < 4.78 is 0. The fourth-order valence-corrected chi connectivity index (χ4v) is 21.5. The van der Waals surface area contributed by atoms with E-state index in [0.717, 1.165) is 0 Å². The van der Waals surface area contributed by atoms with E-state index in [1.54, 1.807) is 0 Å². The average molecular weight is 1240 g/mol. The normalized spacial score (nSPS) is 13.2. The van der Waals surface area contributed by atoms with Crippen molar-refractivity contribution in [1.29, 1.82) is 0 Å². The summed E-state index contributed by atoms with van der Waals surface area (Å²) in [6.45, 7) is 61.0. The highest BCUT2D eigenvalue weighted by Gasteiger charge is 2.34. The van der Waals surface area contributed by atoms with Crippen LogP contribution in [0, 0.1) is 0 Å². The van der Waals surface area contributed by atoms with Gasteiger partial charge < -0.3 is 9.80 Å². The van der Waals surface area contributed by atoms with Gasteiger partial charge in [0.25, 0.3) is 0 Å². The Bertz CT molecular complexity index is 3390. The van der Waals surface area contributed by atoms with Crippen molar-refractivity contribution in [3.05, 3.63) is 170 Å². The third kappa shape index (κ3) is 13.5. The molecule has 438 valence electrons. The highest BCUT2D eigenvalue weighted by Crippen LogP contribution is 2.52. The van der Waals surface area contributed by atoms with Gasteiger partial charge in [0.05, 0.1) is 76.0 Å². The molecule has 0 saturated carbocycles. The number of nitrogens with zero attached hydrogens (tertiary/aromatic N) is 2. The van der Waals surface area contributed by atoms with Crippen molar-refractivity contribution in [3.8, 4) is 22.3 Å². The van der Waals surface area contributed by atoms with E-state index in [1.807, 2.05) is 0 Å². The van der Waals surface area contributed by atoms with E-state index >= 15 is 0 Å². The third-order valence-electron chi connectivity index (χ3n) is 17.4. The second-order valence-electron chi connectivity index (χ2n) is 32.7. The first-order valence-corrected chi connectivity index (χ1v) is 59.1. The molecule has 0 bridgehead atoms. The molecule has 0 atom stereocenters. The van der Waals surface area contributed by atoms with E-state index in [1.165, 1.54) is 119 Å². The summed E-state index contributed by atoms with van der Waals surface area (Å²) in [6, 6.07) is 68.9. The Labute approximate surface area is 516 Å². The lowest BCUT2D eigenvalue weighted by molar-refractivity contribution is 1.30. The fraction of sp³-hybridized carbons (Fsp3) is 0.324. The average Bonchev–Trinajstić information content (AvgIpc) is 0.829. The zero-order chi connectivity index (χ0) is 61.7. The van der Waals surface area contributed by atoms with E-state index in [4.69, 9.17) is 0 Å². The molecule has 0 aromatic heterocycles. The zero-order valence-corrected chi connectivity index (χ0v) is 64.1. The minimum atomic E-state index is -1.87. The Balaban J connectivity index is 1.62. The van der Waals surface area contributed by atoms with Crippen LogP contribution in [0.2, 0.25) is 157 Å². The molecule has 0 aliphatic carbocycles. The van der Waals surface area contributed by atoms with Crippen LogP contribution in [0.1, 0.15) is 0 Å². The molecule has 0 spiro atoms. The molecule has 0 N–H and O–H groups in total. The zero-order valence-electron chi connectivity index (χ0n) is 56.1. The van der Waals surface area contributed by atoms with Crippen molar-refractivity contribution < 1.29 is 0 Å². The summed E-state index contributed by atoms with van der Waals surface area (Å²) in [5.41, 5.74) is 12.5. The molecule has 9 rings (SSSR count). The molecule has 2 nitrogen and oxygen atoms in total. The van der Waals surface area contributed by atoms with Crippen LogP contribution in [0.4, 0.5) is 34.1 Å². The molecule has 9 aromatic rings. The molecule has 0 unspecified atom stereocenters. The van der Waals surface area contributed by atoms with Crippen LogP contribution in [-0.2, 0) is 0 Å². The molecule has 84 heavy (non-hydrogen) atoms. The smallest absolute Gasteiger partial charge is 0.0776 e. The summed E-state index contributed by atoms with van der Waals surface area (Å²) in [6.07, 6.45) is 0. The van der Waals surface area contributed by atoms with Gasteiger partial charge in [0.15, 0.2) is 0 Å². The lowest BCUT2D eigenvalue weighted by Gasteiger charge is -2.37. The van der Waals surface area contributed by atoms with Crippen molar-refractivity contribution >= 4 is 162 Å². The summed E-state index contributed by atoms with van der Waals surface area (Å²) >= 11 is 0. The van der Waals surface area contributed by atoms with Crippen LogP contribution in [-0.4, -0.2) is 64.6 Å². The largest absolute Gasteiger partial charge is 0.309 e. The first-order chi connectivity index (χ1) is 38.7. The van der Waals surface area contributed by atoms with Crippen LogP contribution >= 0.6 is 0 Å². The maximum atomic E-state index is 2.79. The quantitative estimate of drug-likeness (QED) is 0.0540. The maximum absolute atomic E-state index is 2.79. The lowest BCUT2D eigenvalue weighted by Crippen LogP contribution is -2.46. The molecular formula is C74H100N2Si8. The summed E-state index contributed by atoms with van der Waals surface area (Å²) in [5.74, 6) is 0. The van der Waals surface area contributed by atoms with Crippen LogP contribution < -0.4 is 51.3 Å². The van der Waals surface area contributed by atoms with Gasteiger partial charge in [-0.2, -0.15) is 0 Å². The highest BCUT2D eigenvalue weighted by atomic mass is 28.3. The van der Waals surface area contributed by atoms with E-state index in [2.05, 4.69) is 337 Å². The first kappa shape index (κ1) is 63.3. The summed E-state index contributed by atoms with van der Waals surface area (Å²) in [7, 11) is -14.9. The molecule has 0 saturated heterocycles. The van der Waals surface area contributed by atoms with Gasteiger partial charge in [-0.05, 0) is 82.9 Å². The first-order valence-electron chi connectivity index (χ1n) is 31.1. The predicted molar refractivity (Wildman–Crippen MR) is 406 cm³/mol. The van der Waals surface area contributed by atoms with Gasteiger partial charge in [-0.1, -0.05) is 308 Å². The second-order valence-corrected chi connectivity index (χ2v) is 73.3. The standard InChI is InChI=1S/C74H100N2Si8/c1-77(2,3)61-41-57(42-62(49-61)78(4,5)6)75(58-43-63(79(7,8)9)50-64(44-58)80(10,11)12)73-69-37-35-56(54-33-29-26-30-34-54)40-72(69)74(70-38-36-55(39-71(70)73)53-31-27-25-28-32-53)76(59-45-65(81(13,14)15)51-66(46-59)82(16,17)18)60-47-67(83(19,20)21)52-68(48-60)84(22,23)24/h25-52H,1-24H3. The molecule has 0 aliphatic rings. The molecule has 10 heteroatoms. The number of hydrogen-bond acceptors (Lipinski definition) is 2. The minimum absolute atomic E-state index is 1.22. The van der Waals surface area contributed by atoms with Crippen LogP contribution in [0.5, 0.6) is 0 Å². The number of benzene rings is 9. The van der Waals surface area contributed by atoms with Gasteiger partial charge in [0.2, 0.25) is 0 Å². The number of rotatable bonds is 16. The number of fused-ring (bicyclic) bond motifs is 2. The van der Waals surface area contributed by atoms with Crippen LogP contribution in [0.25, 0.3) is 43.8 Å². The Hall–Kier alpha value is -5.16. The Kier molecular flexibility index (Phi) is 17.0. The molecule has 0 fully saturated rings. The van der Waals surface area contributed by atoms with Crippen LogP contribution in [0.15, 0.2) is 170 Å². The monoisotopic (exact) mass is 1240 g/mol. The van der Waals surface area contributed by atoms with Crippen molar-refractivity contribution in [2.75, 3.05) is 9.80 Å². The third-order valence-corrected chi connectivity index (χ3v) is 33.5. The van der Waals surface area contributed by atoms with Crippen molar-refractivity contribution in [2.24, 2.45) is 0 Å². The molecule has 0 aliphatic heterocycles. The molecular weight excluding hydrogens is 1140 g/mol. The molecule has 0 radical (unpaired) electrons. The van der Waals surface area contributed by atoms with Crippen molar-refractivity contribution in [3.63, 3.8) is 0 Å². The number of anilines is 6. The SMILES string of the molecule is C[Si](C)(C)c1cc(N(c2cc([Si](C)(C)C)cc([Si](C)(C)C)c2)c2c3ccc(-c4ccccc4)cc3c(N(c3cc([Si](C)(C)C)cc([Si](C)(C)C)c3)c3cc([Si](C)(C)C)cc([Si](C)(C)C)c3)c3ccc(-c4ccccc4)cc23)cc([Si](C)(C)C)c1. The van der Waals surface area contributed by atoms with E-state index in [0.29, 0.717) is 0 Å². The maximum Gasteiger partial charge on any atom is 0.0776 e. The van der Waals surface area contributed by atoms with Gasteiger partial charge in [0.1, 0.15) is 0 Å². The topological polar surface area (TPSA) is 6.48 Å². The Morgan fingerprint density at radius 1 is 0.190 bits per heavy atom. The summed E-state index contributed by atoms with van der Waals surface area (Å²) in [5, 5.41) is 17.2. The highest BCUT2D eigenvalue weighted by molar-refractivity contribution is 6.94. The predicted octanol–water partition coefficient (Wildman–Crippen LogP) is 18.6. The van der Waals surface area contributed by atoms with E-state index in [9.17, 15) is 0 Å².